The number of halogens is 1. The Kier molecular flexibility index (Phi) is 6.80. The second-order valence-electron chi connectivity index (χ2n) is 6.16. The van der Waals surface area contributed by atoms with Gasteiger partial charge in [0.2, 0.25) is 0 Å². The third-order valence-corrected chi connectivity index (χ3v) is 4.39. The van der Waals surface area contributed by atoms with Gasteiger partial charge in [0.1, 0.15) is 10.8 Å². The summed E-state index contributed by atoms with van der Waals surface area (Å²) >= 11 is 6.18. The van der Waals surface area contributed by atoms with Gasteiger partial charge in [0, 0.05) is 27.2 Å². The molecule has 0 saturated heterocycles. The maximum absolute atomic E-state index is 6.18. The summed E-state index contributed by atoms with van der Waals surface area (Å²) in [5.74, 6) is 1.36. The Bertz CT molecular complexity index is 794. The van der Waals surface area contributed by atoms with Gasteiger partial charge in [0.15, 0.2) is 5.82 Å². The first-order valence-corrected chi connectivity index (χ1v) is 9.00. The van der Waals surface area contributed by atoms with Crippen molar-refractivity contribution in [2.45, 2.75) is 27.7 Å². The van der Waals surface area contributed by atoms with E-state index in [1.165, 1.54) is 0 Å². The molecular formula is C19H26ClN5O. The summed E-state index contributed by atoms with van der Waals surface area (Å²) in [7, 11) is 3.92. The van der Waals surface area contributed by atoms with E-state index in [1.807, 2.05) is 63.1 Å². The highest BCUT2D eigenvalue weighted by Gasteiger charge is 2.12. The van der Waals surface area contributed by atoms with Crippen LogP contribution in [0.15, 0.2) is 23.3 Å². The van der Waals surface area contributed by atoms with Crippen LogP contribution in [-0.4, -0.2) is 48.4 Å². The van der Waals surface area contributed by atoms with Crippen LogP contribution < -0.4 is 9.64 Å². The number of nitrogens with zero attached hydrogens (tertiary/aromatic N) is 5. The van der Waals surface area contributed by atoms with E-state index in [0.29, 0.717) is 16.6 Å². The zero-order chi connectivity index (χ0) is 19.3. The summed E-state index contributed by atoms with van der Waals surface area (Å²) in [4.78, 5) is 17.1. The molecule has 6 nitrogen and oxygen atoms in total. The van der Waals surface area contributed by atoms with Crippen molar-refractivity contribution in [3.8, 4) is 11.8 Å². The first-order chi connectivity index (χ1) is 12.3. The van der Waals surface area contributed by atoms with Crippen LogP contribution in [0.5, 0.6) is 11.8 Å². The Morgan fingerprint density at radius 1 is 1.15 bits per heavy atom. The maximum atomic E-state index is 6.18. The predicted molar refractivity (Wildman–Crippen MR) is 108 cm³/mol. The molecule has 0 bridgehead atoms. The molecule has 7 heteroatoms. The van der Waals surface area contributed by atoms with E-state index in [4.69, 9.17) is 16.3 Å². The van der Waals surface area contributed by atoms with E-state index in [-0.39, 0.29) is 6.01 Å². The van der Waals surface area contributed by atoms with Gasteiger partial charge in [-0.3, -0.25) is 0 Å². The van der Waals surface area contributed by atoms with E-state index in [0.717, 1.165) is 29.9 Å². The minimum atomic E-state index is 0.272. The average Bonchev–Trinajstić information content (AvgIpc) is 2.63. The molecule has 0 N–H and O–H groups in total. The number of aryl methyl sites for hydroxylation is 2. The molecular weight excluding hydrogens is 350 g/mol. The molecule has 1 heterocycles. The lowest BCUT2D eigenvalue weighted by Crippen LogP contribution is -2.18. The second-order valence-corrected chi connectivity index (χ2v) is 6.57. The van der Waals surface area contributed by atoms with Crippen molar-refractivity contribution in [1.82, 2.24) is 14.9 Å². The molecule has 0 radical (unpaired) electrons. The standard InChI is InChI=1S/C19H26ClN5O/c1-7-24(5)12-22-16-9-14(4)17(10-13(16)3)26-19-21-11-15(20)18(23-19)25(6)8-2/h9-12H,7-8H2,1-6H3. The van der Waals surface area contributed by atoms with Gasteiger partial charge in [-0.05, 0) is 51.0 Å². The third kappa shape index (κ3) is 4.85. The van der Waals surface area contributed by atoms with Crippen molar-refractivity contribution in [2.75, 3.05) is 32.1 Å². The molecule has 1 aromatic carbocycles. The number of aliphatic imine (C=N–C) groups is 1. The second kappa shape index (κ2) is 8.85. The fourth-order valence-electron chi connectivity index (χ4n) is 2.17. The molecule has 0 atom stereocenters. The van der Waals surface area contributed by atoms with Crippen LogP contribution in [-0.2, 0) is 0 Å². The number of ether oxygens (including phenoxy) is 1. The summed E-state index contributed by atoms with van der Waals surface area (Å²) < 4.78 is 5.91. The fraction of sp³-hybridized carbons (Fsp3) is 0.421. The molecule has 0 amide bonds. The number of aromatic nitrogens is 2. The van der Waals surface area contributed by atoms with E-state index >= 15 is 0 Å². The normalized spacial score (nSPS) is 11.0. The fourth-order valence-corrected chi connectivity index (χ4v) is 2.41. The van der Waals surface area contributed by atoms with Crippen molar-refractivity contribution in [1.29, 1.82) is 0 Å². The summed E-state index contributed by atoms with van der Waals surface area (Å²) in [5.41, 5.74) is 2.90. The molecule has 0 aliphatic heterocycles. The summed E-state index contributed by atoms with van der Waals surface area (Å²) in [6.07, 6.45) is 3.39. The van der Waals surface area contributed by atoms with E-state index in [2.05, 4.69) is 21.9 Å². The van der Waals surface area contributed by atoms with Crippen LogP contribution in [0, 0.1) is 13.8 Å². The highest BCUT2D eigenvalue weighted by molar-refractivity contribution is 6.32. The number of rotatable bonds is 7. The zero-order valence-corrected chi connectivity index (χ0v) is 17.0. The van der Waals surface area contributed by atoms with Crippen LogP contribution in [0.1, 0.15) is 25.0 Å². The van der Waals surface area contributed by atoms with Crippen molar-refractivity contribution in [3.05, 3.63) is 34.5 Å². The summed E-state index contributed by atoms with van der Waals surface area (Å²) in [6, 6.07) is 4.23. The molecule has 2 rings (SSSR count). The van der Waals surface area contributed by atoms with Gasteiger partial charge in [0.25, 0.3) is 0 Å². The van der Waals surface area contributed by atoms with Gasteiger partial charge in [-0.25, -0.2) is 9.98 Å². The Morgan fingerprint density at radius 2 is 1.88 bits per heavy atom. The Hall–Kier alpha value is -2.34. The van der Waals surface area contributed by atoms with Crippen LogP contribution in [0.2, 0.25) is 5.02 Å². The van der Waals surface area contributed by atoms with Crippen molar-refractivity contribution in [2.24, 2.45) is 4.99 Å². The molecule has 0 fully saturated rings. The molecule has 0 aliphatic rings. The number of anilines is 1. The smallest absolute Gasteiger partial charge is 0.324 e. The lowest BCUT2D eigenvalue weighted by molar-refractivity contribution is 0.438. The van der Waals surface area contributed by atoms with E-state index in [9.17, 15) is 0 Å². The van der Waals surface area contributed by atoms with Gasteiger partial charge < -0.3 is 14.5 Å². The lowest BCUT2D eigenvalue weighted by atomic mass is 10.1. The number of benzene rings is 1. The summed E-state index contributed by atoms with van der Waals surface area (Å²) in [5, 5.41) is 0.499. The Balaban J connectivity index is 2.28. The number of hydrogen-bond donors (Lipinski definition) is 0. The lowest BCUT2D eigenvalue weighted by Gasteiger charge is -2.17. The molecule has 0 aliphatic carbocycles. The van der Waals surface area contributed by atoms with Gasteiger partial charge in [-0.15, -0.1) is 0 Å². The number of hydrogen-bond acceptors (Lipinski definition) is 5. The average molecular weight is 376 g/mol. The first-order valence-electron chi connectivity index (χ1n) is 8.62. The van der Waals surface area contributed by atoms with Gasteiger partial charge >= 0.3 is 6.01 Å². The van der Waals surface area contributed by atoms with E-state index < -0.39 is 0 Å². The topological polar surface area (TPSA) is 53.9 Å². The third-order valence-electron chi connectivity index (χ3n) is 4.13. The Labute approximate surface area is 160 Å². The van der Waals surface area contributed by atoms with Gasteiger partial charge in [-0.2, -0.15) is 4.98 Å². The minimum absolute atomic E-state index is 0.272. The van der Waals surface area contributed by atoms with Crippen molar-refractivity contribution >= 4 is 29.4 Å². The molecule has 26 heavy (non-hydrogen) atoms. The Morgan fingerprint density at radius 3 is 2.54 bits per heavy atom. The highest BCUT2D eigenvalue weighted by atomic mass is 35.5. The molecule has 140 valence electrons. The maximum Gasteiger partial charge on any atom is 0.324 e. The van der Waals surface area contributed by atoms with Gasteiger partial charge in [-0.1, -0.05) is 11.6 Å². The zero-order valence-electron chi connectivity index (χ0n) is 16.2. The van der Waals surface area contributed by atoms with Crippen LogP contribution in [0.25, 0.3) is 0 Å². The highest BCUT2D eigenvalue weighted by Crippen LogP contribution is 2.31. The largest absolute Gasteiger partial charge is 0.424 e. The summed E-state index contributed by atoms with van der Waals surface area (Å²) in [6.45, 7) is 9.79. The van der Waals surface area contributed by atoms with Crippen molar-refractivity contribution < 1.29 is 4.74 Å². The SMILES string of the molecule is CCN(C)C=Nc1cc(C)c(Oc2ncc(Cl)c(N(C)CC)n2)cc1C. The molecule has 1 aromatic heterocycles. The van der Waals surface area contributed by atoms with E-state index in [1.54, 1.807) is 6.20 Å². The van der Waals surface area contributed by atoms with Gasteiger partial charge in [0.05, 0.1) is 18.2 Å². The monoisotopic (exact) mass is 375 g/mol. The molecule has 0 saturated carbocycles. The predicted octanol–water partition coefficient (Wildman–Crippen LogP) is 4.61. The van der Waals surface area contributed by atoms with Crippen LogP contribution in [0.4, 0.5) is 11.5 Å². The van der Waals surface area contributed by atoms with Crippen LogP contribution >= 0.6 is 11.6 Å². The first kappa shape index (κ1) is 20.0. The van der Waals surface area contributed by atoms with Crippen molar-refractivity contribution in [3.63, 3.8) is 0 Å². The quantitative estimate of drug-likeness (QED) is 0.522. The molecule has 2 aromatic rings. The molecule has 0 unspecified atom stereocenters. The molecule has 0 spiro atoms. The minimum Gasteiger partial charge on any atom is -0.424 e. The van der Waals surface area contributed by atoms with Crippen LogP contribution in [0.3, 0.4) is 0 Å².